The number of hydrogen-bond donors (Lipinski definition) is 2. The molecule has 1 aromatic carbocycles. The predicted octanol–water partition coefficient (Wildman–Crippen LogP) is 2.16. The van der Waals surface area contributed by atoms with Crippen molar-refractivity contribution in [1.82, 2.24) is 5.32 Å². The standard InChI is InChI=1S/C14H22N2O2/c1-5-14(2,18-4)13(17)16-12-8-6-11(7-9-12)10-15-3/h6-9,15H,5,10H2,1-4H3,(H,16,17). The maximum atomic E-state index is 12.1. The van der Waals surface area contributed by atoms with Gasteiger partial charge in [-0.1, -0.05) is 19.1 Å². The highest BCUT2D eigenvalue weighted by Gasteiger charge is 2.30. The second-order valence-corrected chi connectivity index (χ2v) is 4.47. The zero-order chi connectivity index (χ0) is 13.6. The number of benzene rings is 1. The van der Waals surface area contributed by atoms with Gasteiger partial charge >= 0.3 is 0 Å². The molecule has 1 amide bonds. The first-order chi connectivity index (χ1) is 8.55. The lowest BCUT2D eigenvalue weighted by atomic mass is 10.0. The highest BCUT2D eigenvalue weighted by Crippen LogP contribution is 2.18. The molecule has 0 bridgehead atoms. The number of anilines is 1. The minimum absolute atomic E-state index is 0.117. The lowest BCUT2D eigenvalue weighted by Crippen LogP contribution is -2.41. The summed E-state index contributed by atoms with van der Waals surface area (Å²) in [5.41, 5.74) is 1.20. The Balaban J connectivity index is 2.70. The first kappa shape index (κ1) is 14.7. The molecule has 2 N–H and O–H groups in total. The second-order valence-electron chi connectivity index (χ2n) is 4.47. The zero-order valence-corrected chi connectivity index (χ0v) is 11.5. The largest absolute Gasteiger partial charge is 0.369 e. The molecule has 0 aliphatic rings. The fraction of sp³-hybridized carbons (Fsp3) is 0.500. The SMILES string of the molecule is CCC(C)(OC)C(=O)Nc1ccc(CNC)cc1. The molecule has 100 valence electrons. The van der Waals surface area contributed by atoms with Gasteiger partial charge in [-0.3, -0.25) is 4.79 Å². The van der Waals surface area contributed by atoms with Gasteiger partial charge < -0.3 is 15.4 Å². The minimum atomic E-state index is -0.774. The van der Waals surface area contributed by atoms with E-state index in [-0.39, 0.29) is 5.91 Å². The molecule has 4 heteroatoms. The molecular formula is C14H22N2O2. The van der Waals surface area contributed by atoms with Gasteiger partial charge in [0, 0.05) is 19.3 Å². The number of carbonyl (C=O) groups is 1. The van der Waals surface area contributed by atoms with E-state index in [1.165, 1.54) is 5.56 Å². The molecule has 1 rings (SSSR count). The van der Waals surface area contributed by atoms with E-state index in [9.17, 15) is 4.79 Å². The summed E-state index contributed by atoms with van der Waals surface area (Å²) >= 11 is 0. The predicted molar refractivity (Wildman–Crippen MR) is 73.5 cm³/mol. The first-order valence-corrected chi connectivity index (χ1v) is 6.16. The molecule has 0 fully saturated rings. The third-order valence-electron chi connectivity index (χ3n) is 3.20. The summed E-state index contributed by atoms with van der Waals surface area (Å²) in [5.74, 6) is -0.117. The van der Waals surface area contributed by atoms with Crippen LogP contribution in [0.4, 0.5) is 5.69 Å². The van der Waals surface area contributed by atoms with Gasteiger partial charge in [0.25, 0.3) is 5.91 Å². The molecule has 0 radical (unpaired) electrons. The van der Waals surface area contributed by atoms with Gasteiger partial charge in [-0.15, -0.1) is 0 Å². The first-order valence-electron chi connectivity index (χ1n) is 6.16. The van der Waals surface area contributed by atoms with E-state index in [4.69, 9.17) is 4.74 Å². The van der Waals surface area contributed by atoms with Crippen LogP contribution in [0.3, 0.4) is 0 Å². The zero-order valence-electron chi connectivity index (χ0n) is 11.5. The lowest BCUT2D eigenvalue weighted by Gasteiger charge is -2.25. The molecule has 4 nitrogen and oxygen atoms in total. The number of ether oxygens (including phenoxy) is 1. The molecule has 1 aromatic rings. The van der Waals surface area contributed by atoms with Crippen LogP contribution in [0.5, 0.6) is 0 Å². The quantitative estimate of drug-likeness (QED) is 0.813. The van der Waals surface area contributed by atoms with E-state index < -0.39 is 5.60 Å². The van der Waals surface area contributed by atoms with Crippen molar-refractivity contribution >= 4 is 11.6 Å². The minimum Gasteiger partial charge on any atom is -0.369 e. The van der Waals surface area contributed by atoms with Gasteiger partial charge in [-0.05, 0) is 38.1 Å². The maximum absolute atomic E-state index is 12.1. The highest BCUT2D eigenvalue weighted by atomic mass is 16.5. The molecule has 0 saturated heterocycles. The van der Waals surface area contributed by atoms with Crippen LogP contribution in [0.25, 0.3) is 0 Å². The van der Waals surface area contributed by atoms with Crippen molar-refractivity contribution < 1.29 is 9.53 Å². The average Bonchev–Trinajstić information content (AvgIpc) is 2.40. The van der Waals surface area contributed by atoms with Crippen molar-refractivity contribution in [3.05, 3.63) is 29.8 Å². The molecule has 0 aliphatic heterocycles. The van der Waals surface area contributed by atoms with Crippen LogP contribution in [0.15, 0.2) is 24.3 Å². The summed E-state index contributed by atoms with van der Waals surface area (Å²) in [6, 6.07) is 7.77. The molecule has 0 aliphatic carbocycles. The van der Waals surface area contributed by atoms with E-state index in [0.717, 1.165) is 12.2 Å². The van der Waals surface area contributed by atoms with Gasteiger partial charge in [0.1, 0.15) is 5.60 Å². The molecule has 0 spiro atoms. The van der Waals surface area contributed by atoms with E-state index >= 15 is 0 Å². The van der Waals surface area contributed by atoms with Crippen LogP contribution >= 0.6 is 0 Å². The van der Waals surface area contributed by atoms with Crippen LogP contribution in [0.2, 0.25) is 0 Å². The van der Waals surface area contributed by atoms with Gasteiger partial charge in [0.15, 0.2) is 0 Å². The number of hydrogen-bond acceptors (Lipinski definition) is 3. The Morgan fingerprint density at radius 3 is 2.39 bits per heavy atom. The number of rotatable bonds is 6. The second kappa shape index (κ2) is 6.52. The third-order valence-corrected chi connectivity index (χ3v) is 3.20. The van der Waals surface area contributed by atoms with E-state index in [2.05, 4.69) is 10.6 Å². The van der Waals surface area contributed by atoms with Crippen LogP contribution in [0.1, 0.15) is 25.8 Å². The summed E-state index contributed by atoms with van der Waals surface area (Å²) in [4.78, 5) is 12.1. The van der Waals surface area contributed by atoms with Crippen molar-refractivity contribution in [1.29, 1.82) is 0 Å². The van der Waals surface area contributed by atoms with E-state index in [1.54, 1.807) is 14.0 Å². The van der Waals surface area contributed by atoms with Crippen molar-refractivity contribution in [2.24, 2.45) is 0 Å². The van der Waals surface area contributed by atoms with E-state index in [1.807, 2.05) is 38.2 Å². The molecule has 1 atom stereocenters. The van der Waals surface area contributed by atoms with Gasteiger partial charge in [0.2, 0.25) is 0 Å². The van der Waals surface area contributed by atoms with Gasteiger partial charge in [-0.25, -0.2) is 0 Å². The average molecular weight is 250 g/mol. The Labute approximate surface area is 109 Å². The normalized spacial score (nSPS) is 14.0. The smallest absolute Gasteiger partial charge is 0.256 e. The van der Waals surface area contributed by atoms with Gasteiger partial charge in [-0.2, -0.15) is 0 Å². The van der Waals surface area contributed by atoms with E-state index in [0.29, 0.717) is 6.42 Å². The van der Waals surface area contributed by atoms with Gasteiger partial charge in [0.05, 0.1) is 0 Å². The Morgan fingerprint density at radius 1 is 1.33 bits per heavy atom. The Hall–Kier alpha value is -1.39. The van der Waals surface area contributed by atoms with Crippen LogP contribution in [-0.2, 0) is 16.1 Å². The summed E-state index contributed by atoms with van der Waals surface area (Å²) in [5, 5.41) is 5.95. The number of methoxy groups -OCH3 is 1. The fourth-order valence-electron chi connectivity index (χ4n) is 1.57. The number of nitrogens with one attached hydrogen (secondary N) is 2. The molecule has 0 aromatic heterocycles. The topological polar surface area (TPSA) is 50.4 Å². The summed E-state index contributed by atoms with van der Waals surface area (Å²) in [6.45, 7) is 4.54. The van der Waals surface area contributed by atoms with Crippen molar-refractivity contribution in [3.8, 4) is 0 Å². The lowest BCUT2D eigenvalue weighted by molar-refractivity contribution is -0.136. The Kier molecular flexibility index (Phi) is 5.31. The molecule has 18 heavy (non-hydrogen) atoms. The van der Waals surface area contributed by atoms with Crippen LogP contribution in [0, 0.1) is 0 Å². The maximum Gasteiger partial charge on any atom is 0.256 e. The summed E-state index contributed by atoms with van der Waals surface area (Å²) < 4.78 is 5.26. The van der Waals surface area contributed by atoms with Crippen LogP contribution in [-0.4, -0.2) is 25.7 Å². The molecule has 1 unspecified atom stereocenters. The highest BCUT2D eigenvalue weighted by molar-refractivity contribution is 5.96. The number of amides is 1. The Bertz CT molecular complexity index is 383. The summed E-state index contributed by atoms with van der Waals surface area (Å²) in [6.07, 6.45) is 0.632. The Morgan fingerprint density at radius 2 is 1.94 bits per heavy atom. The third kappa shape index (κ3) is 3.55. The monoisotopic (exact) mass is 250 g/mol. The molecular weight excluding hydrogens is 228 g/mol. The van der Waals surface area contributed by atoms with Crippen LogP contribution < -0.4 is 10.6 Å². The fourth-order valence-corrected chi connectivity index (χ4v) is 1.57. The van der Waals surface area contributed by atoms with Crippen molar-refractivity contribution in [3.63, 3.8) is 0 Å². The number of carbonyl (C=O) groups excluding carboxylic acids is 1. The molecule has 0 saturated carbocycles. The summed E-state index contributed by atoms with van der Waals surface area (Å²) in [7, 11) is 3.46. The van der Waals surface area contributed by atoms with Crippen molar-refractivity contribution in [2.75, 3.05) is 19.5 Å². The molecule has 0 heterocycles. The van der Waals surface area contributed by atoms with Crippen molar-refractivity contribution in [2.45, 2.75) is 32.4 Å².